The van der Waals surface area contributed by atoms with Gasteiger partial charge in [0.2, 0.25) is 6.79 Å². The predicted molar refractivity (Wildman–Crippen MR) is 109 cm³/mol. The van der Waals surface area contributed by atoms with Crippen molar-refractivity contribution in [1.29, 1.82) is 0 Å². The summed E-state index contributed by atoms with van der Waals surface area (Å²) in [6.45, 7) is 0.241. The normalized spacial score (nSPS) is 12.1. The van der Waals surface area contributed by atoms with E-state index < -0.39 is 0 Å². The van der Waals surface area contributed by atoms with Gasteiger partial charge in [0, 0.05) is 11.6 Å². The molecule has 2 heterocycles. The van der Waals surface area contributed by atoms with Gasteiger partial charge >= 0.3 is 0 Å². The minimum Gasteiger partial charge on any atom is -0.454 e. The van der Waals surface area contributed by atoms with Crippen LogP contribution in [0.25, 0.3) is 22.3 Å². The summed E-state index contributed by atoms with van der Waals surface area (Å²) >= 11 is 1.56. The Kier molecular flexibility index (Phi) is 3.99. The maximum atomic E-state index is 5.78. The number of rotatable bonds is 4. The minimum atomic E-state index is 0.241. The maximum Gasteiger partial charge on any atom is 0.231 e. The third-order valence-electron chi connectivity index (χ3n) is 4.49. The van der Waals surface area contributed by atoms with E-state index in [0.717, 1.165) is 33.4 Å². The van der Waals surface area contributed by atoms with Crippen molar-refractivity contribution in [3.8, 4) is 33.8 Å². The lowest BCUT2D eigenvalue weighted by Gasteiger charge is -2.14. The zero-order chi connectivity index (χ0) is 18.1. The Morgan fingerprint density at radius 2 is 1.59 bits per heavy atom. The van der Waals surface area contributed by atoms with Crippen molar-refractivity contribution in [1.82, 2.24) is 4.98 Å². The first-order chi connectivity index (χ1) is 13.4. The highest BCUT2D eigenvalue weighted by Crippen LogP contribution is 2.46. The number of thiazole rings is 1. The SMILES string of the molecule is c1ccc(-c2ccc(-c3c(Nc4nccs4)ccc4c3OCO4)cc2)cc1. The van der Waals surface area contributed by atoms with Crippen LogP contribution in [0.4, 0.5) is 10.8 Å². The number of fused-ring (bicyclic) bond motifs is 1. The number of aromatic nitrogens is 1. The second-order valence-corrected chi connectivity index (χ2v) is 7.02. The Labute approximate surface area is 161 Å². The molecule has 1 aromatic heterocycles. The number of hydrogen-bond donors (Lipinski definition) is 1. The first kappa shape index (κ1) is 15.9. The third-order valence-corrected chi connectivity index (χ3v) is 5.18. The maximum absolute atomic E-state index is 5.78. The van der Waals surface area contributed by atoms with Crippen LogP contribution in [0.15, 0.2) is 78.3 Å². The number of nitrogens with one attached hydrogen (secondary N) is 1. The van der Waals surface area contributed by atoms with Crippen LogP contribution in [-0.2, 0) is 0 Å². The molecule has 0 saturated carbocycles. The molecule has 0 unspecified atom stereocenters. The lowest BCUT2D eigenvalue weighted by molar-refractivity contribution is 0.174. The van der Waals surface area contributed by atoms with Crippen LogP contribution < -0.4 is 14.8 Å². The Morgan fingerprint density at radius 1 is 0.815 bits per heavy atom. The fourth-order valence-corrected chi connectivity index (χ4v) is 3.76. The molecule has 1 N–H and O–H groups in total. The van der Waals surface area contributed by atoms with E-state index in [1.54, 1.807) is 17.5 Å². The summed E-state index contributed by atoms with van der Waals surface area (Å²) in [6.07, 6.45) is 1.79. The van der Waals surface area contributed by atoms with E-state index in [4.69, 9.17) is 9.47 Å². The first-order valence-electron chi connectivity index (χ1n) is 8.63. The van der Waals surface area contributed by atoms with E-state index >= 15 is 0 Å². The summed E-state index contributed by atoms with van der Waals surface area (Å²) in [5.74, 6) is 1.53. The van der Waals surface area contributed by atoms with Gasteiger partial charge in [-0.05, 0) is 28.8 Å². The number of ether oxygens (including phenoxy) is 2. The van der Waals surface area contributed by atoms with Gasteiger partial charge in [-0.25, -0.2) is 4.98 Å². The van der Waals surface area contributed by atoms with Gasteiger partial charge in [0.1, 0.15) is 0 Å². The van der Waals surface area contributed by atoms with E-state index in [0.29, 0.717) is 0 Å². The molecule has 0 fully saturated rings. The van der Waals surface area contributed by atoms with Gasteiger partial charge < -0.3 is 14.8 Å². The lowest BCUT2D eigenvalue weighted by atomic mass is 9.98. The van der Waals surface area contributed by atoms with Gasteiger partial charge in [-0.1, -0.05) is 54.6 Å². The summed E-state index contributed by atoms with van der Waals surface area (Å²) in [5, 5.41) is 6.19. The van der Waals surface area contributed by atoms with Crippen molar-refractivity contribution in [3.05, 3.63) is 78.3 Å². The molecule has 5 heteroatoms. The lowest BCUT2D eigenvalue weighted by Crippen LogP contribution is -1.96. The quantitative estimate of drug-likeness (QED) is 0.481. The van der Waals surface area contributed by atoms with Gasteiger partial charge in [-0.3, -0.25) is 0 Å². The monoisotopic (exact) mass is 372 g/mol. The Morgan fingerprint density at radius 3 is 2.37 bits per heavy atom. The molecule has 0 saturated heterocycles. The molecule has 1 aliphatic heterocycles. The molecule has 0 atom stereocenters. The van der Waals surface area contributed by atoms with Gasteiger partial charge in [0.15, 0.2) is 16.6 Å². The topological polar surface area (TPSA) is 43.4 Å². The fraction of sp³-hybridized carbons (Fsp3) is 0.0455. The molecule has 0 bridgehead atoms. The standard InChI is InChI=1S/C22H16N2O2S/c1-2-4-15(5-3-1)16-6-8-17(9-7-16)20-18(24-22-23-12-13-27-22)10-11-19-21(20)26-14-25-19/h1-13H,14H2,(H,23,24). The summed E-state index contributed by atoms with van der Waals surface area (Å²) in [4.78, 5) is 4.33. The second-order valence-electron chi connectivity index (χ2n) is 6.13. The number of anilines is 2. The fourth-order valence-electron chi connectivity index (χ4n) is 3.22. The molecular weight excluding hydrogens is 356 g/mol. The first-order valence-corrected chi connectivity index (χ1v) is 9.51. The van der Waals surface area contributed by atoms with Crippen molar-refractivity contribution in [2.24, 2.45) is 0 Å². The molecule has 0 aliphatic carbocycles. The van der Waals surface area contributed by atoms with Crippen LogP contribution in [0.2, 0.25) is 0 Å². The summed E-state index contributed by atoms with van der Waals surface area (Å²) < 4.78 is 11.4. The molecule has 3 aromatic carbocycles. The van der Waals surface area contributed by atoms with Gasteiger partial charge in [-0.15, -0.1) is 11.3 Å². The van der Waals surface area contributed by atoms with Crippen LogP contribution in [0.3, 0.4) is 0 Å². The molecule has 1 aliphatic rings. The Hall–Kier alpha value is -3.31. The van der Waals surface area contributed by atoms with Crippen molar-refractivity contribution in [2.75, 3.05) is 12.1 Å². The van der Waals surface area contributed by atoms with Crippen LogP contribution >= 0.6 is 11.3 Å². The Balaban J connectivity index is 1.58. The Bertz CT molecular complexity index is 1060. The molecule has 132 valence electrons. The second kappa shape index (κ2) is 6.78. The average Bonchev–Trinajstić information content (AvgIpc) is 3.40. The van der Waals surface area contributed by atoms with Crippen LogP contribution in [-0.4, -0.2) is 11.8 Å². The largest absolute Gasteiger partial charge is 0.454 e. The molecule has 0 spiro atoms. The third kappa shape index (κ3) is 3.02. The average molecular weight is 372 g/mol. The van der Waals surface area contributed by atoms with Crippen molar-refractivity contribution in [3.63, 3.8) is 0 Å². The smallest absolute Gasteiger partial charge is 0.231 e. The predicted octanol–water partition coefficient (Wildman–Crippen LogP) is 5.95. The summed E-state index contributed by atoms with van der Waals surface area (Å²) in [5.41, 5.74) is 5.37. The highest BCUT2D eigenvalue weighted by molar-refractivity contribution is 7.13. The van der Waals surface area contributed by atoms with E-state index in [1.807, 2.05) is 23.6 Å². The minimum absolute atomic E-state index is 0.241. The van der Waals surface area contributed by atoms with Crippen molar-refractivity contribution in [2.45, 2.75) is 0 Å². The molecule has 5 rings (SSSR count). The van der Waals surface area contributed by atoms with Gasteiger partial charge in [0.25, 0.3) is 0 Å². The molecule has 0 radical (unpaired) electrons. The number of hydrogen-bond acceptors (Lipinski definition) is 5. The number of benzene rings is 3. The summed E-state index contributed by atoms with van der Waals surface area (Å²) in [7, 11) is 0. The van der Waals surface area contributed by atoms with Crippen molar-refractivity contribution < 1.29 is 9.47 Å². The van der Waals surface area contributed by atoms with E-state index in [-0.39, 0.29) is 6.79 Å². The molecule has 4 aromatic rings. The zero-order valence-electron chi connectivity index (χ0n) is 14.4. The molecule has 4 nitrogen and oxygen atoms in total. The molecule has 27 heavy (non-hydrogen) atoms. The summed E-state index contributed by atoms with van der Waals surface area (Å²) in [6, 6.07) is 22.8. The van der Waals surface area contributed by atoms with Crippen LogP contribution in [0.5, 0.6) is 11.5 Å². The van der Waals surface area contributed by atoms with Crippen LogP contribution in [0, 0.1) is 0 Å². The highest BCUT2D eigenvalue weighted by atomic mass is 32.1. The molecule has 0 amide bonds. The van der Waals surface area contributed by atoms with E-state index in [2.05, 4.69) is 58.8 Å². The van der Waals surface area contributed by atoms with E-state index in [9.17, 15) is 0 Å². The van der Waals surface area contributed by atoms with Crippen molar-refractivity contribution >= 4 is 22.2 Å². The zero-order valence-corrected chi connectivity index (χ0v) is 15.2. The molecular formula is C22H16N2O2S. The van der Waals surface area contributed by atoms with E-state index in [1.165, 1.54) is 11.1 Å². The number of nitrogens with zero attached hydrogens (tertiary/aromatic N) is 1. The van der Waals surface area contributed by atoms with Crippen LogP contribution in [0.1, 0.15) is 0 Å². The highest BCUT2D eigenvalue weighted by Gasteiger charge is 2.22. The van der Waals surface area contributed by atoms with Gasteiger partial charge in [-0.2, -0.15) is 0 Å². The van der Waals surface area contributed by atoms with Gasteiger partial charge in [0.05, 0.1) is 11.3 Å².